The van der Waals surface area contributed by atoms with Crippen molar-refractivity contribution < 1.29 is 14.3 Å². The monoisotopic (exact) mass is 332 g/mol. The minimum absolute atomic E-state index is 0.238. The topological polar surface area (TPSA) is 81.4 Å². The van der Waals surface area contributed by atoms with Gasteiger partial charge >= 0.3 is 5.97 Å². The number of hydrogen-bond donors (Lipinski definition) is 2. The lowest BCUT2D eigenvalue weighted by Crippen LogP contribution is -2.30. The second-order valence-corrected chi connectivity index (χ2v) is 5.55. The summed E-state index contributed by atoms with van der Waals surface area (Å²) in [6.07, 6.45) is -0.945. The lowest BCUT2D eigenvalue weighted by molar-refractivity contribution is -0.123. The Hall–Kier alpha value is -2.53. The maximum absolute atomic E-state index is 12.1. The molecule has 120 valence electrons. The smallest absolute Gasteiger partial charge is 0.338 e. The summed E-state index contributed by atoms with van der Waals surface area (Å²) < 4.78 is 5.15. The van der Waals surface area contributed by atoms with Gasteiger partial charge in [0.05, 0.1) is 16.3 Å². The van der Waals surface area contributed by atoms with Crippen molar-refractivity contribution in [1.29, 1.82) is 0 Å². The van der Waals surface area contributed by atoms with E-state index in [1.807, 2.05) is 25.1 Å². The third-order valence-electron chi connectivity index (χ3n) is 3.17. The average Bonchev–Trinajstić information content (AvgIpc) is 2.49. The molecule has 0 aromatic heterocycles. The number of benzene rings is 2. The molecule has 0 fully saturated rings. The van der Waals surface area contributed by atoms with Gasteiger partial charge in [-0.3, -0.25) is 4.79 Å². The highest BCUT2D eigenvalue weighted by molar-refractivity contribution is 6.33. The van der Waals surface area contributed by atoms with E-state index in [4.69, 9.17) is 22.1 Å². The summed E-state index contributed by atoms with van der Waals surface area (Å²) in [4.78, 5) is 24.1. The first kappa shape index (κ1) is 16.8. The first-order chi connectivity index (χ1) is 10.9. The van der Waals surface area contributed by atoms with E-state index in [9.17, 15) is 9.59 Å². The Bertz CT molecular complexity index is 746. The Morgan fingerprint density at radius 1 is 1.22 bits per heavy atom. The Balaban J connectivity index is 2.00. The van der Waals surface area contributed by atoms with Gasteiger partial charge in [-0.1, -0.05) is 23.7 Å². The fraction of sp³-hybridized carbons (Fsp3) is 0.176. The van der Waals surface area contributed by atoms with Crippen LogP contribution in [-0.4, -0.2) is 18.0 Å². The Labute approximate surface area is 139 Å². The lowest BCUT2D eigenvalue weighted by Gasteiger charge is -2.14. The van der Waals surface area contributed by atoms with Gasteiger partial charge in [-0.25, -0.2) is 4.79 Å². The molecule has 1 unspecified atom stereocenters. The number of nitrogens with two attached hydrogens (primary N) is 1. The van der Waals surface area contributed by atoms with Crippen LogP contribution in [-0.2, 0) is 9.53 Å². The largest absolute Gasteiger partial charge is 0.449 e. The Morgan fingerprint density at radius 3 is 2.61 bits per heavy atom. The highest BCUT2D eigenvalue weighted by Gasteiger charge is 2.19. The predicted molar refractivity (Wildman–Crippen MR) is 90.6 cm³/mol. The normalized spacial score (nSPS) is 11.6. The van der Waals surface area contributed by atoms with Crippen molar-refractivity contribution in [1.82, 2.24) is 0 Å². The molecule has 0 heterocycles. The number of nitrogens with one attached hydrogen (secondary N) is 1. The number of amides is 1. The molecule has 3 N–H and O–H groups in total. The van der Waals surface area contributed by atoms with E-state index in [-0.39, 0.29) is 11.3 Å². The molecule has 0 saturated heterocycles. The molecule has 0 aliphatic carbocycles. The molecule has 0 saturated carbocycles. The second-order valence-electron chi connectivity index (χ2n) is 5.14. The van der Waals surface area contributed by atoms with E-state index in [1.165, 1.54) is 25.1 Å². The number of nitrogen functional groups attached to an aromatic ring is 1. The number of rotatable bonds is 4. The van der Waals surface area contributed by atoms with Crippen molar-refractivity contribution in [2.24, 2.45) is 0 Å². The SMILES string of the molecule is Cc1cccc(NC(=O)C(C)OC(=O)c2ccc(Cl)c(N)c2)c1. The van der Waals surface area contributed by atoms with Crippen LogP contribution in [0.2, 0.25) is 5.02 Å². The van der Waals surface area contributed by atoms with Crippen LogP contribution in [0.15, 0.2) is 42.5 Å². The van der Waals surface area contributed by atoms with Crippen LogP contribution in [0.5, 0.6) is 0 Å². The number of anilines is 2. The third-order valence-corrected chi connectivity index (χ3v) is 3.51. The molecule has 1 atom stereocenters. The van der Waals surface area contributed by atoms with Gasteiger partial charge in [0, 0.05) is 5.69 Å². The van der Waals surface area contributed by atoms with E-state index in [0.717, 1.165) is 5.56 Å². The van der Waals surface area contributed by atoms with Crippen LogP contribution in [0.25, 0.3) is 0 Å². The summed E-state index contributed by atoms with van der Waals surface area (Å²) in [6.45, 7) is 3.42. The molecular weight excluding hydrogens is 316 g/mol. The molecule has 0 aliphatic heterocycles. The van der Waals surface area contributed by atoms with Crippen molar-refractivity contribution >= 4 is 34.9 Å². The van der Waals surface area contributed by atoms with Crippen molar-refractivity contribution in [2.45, 2.75) is 20.0 Å². The summed E-state index contributed by atoms with van der Waals surface area (Å²) in [5.74, 6) is -1.05. The van der Waals surface area contributed by atoms with Crippen LogP contribution in [0.3, 0.4) is 0 Å². The minimum atomic E-state index is -0.945. The predicted octanol–water partition coefficient (Wildman–Crippen LogP) is 3.41. The zero-order chi connectivity index (χ0) is 17.0. The molecule has 5 nitrogen and oxygen atoms in total. The summed E-state index contributed by atoms with van der Waals surface area (Å²) in [6, 6.07) is 11.8. The highest BCUT2D eigenvalue weighted by atomic mass is 35.5. The van der Waals surface area contributed by atoms with Crippen molar-refractivity contribution in [3.63, 3.8) is 0 Å². The van der Waals surface area contributed by atoms with Crippen molar-refractivity contribution in [3.8, 4) is 0 Å². The lowest BCUT2D eigenvalue weighted by atomic mass is 10.2. The zero-order valence-corrected chi connectivity index (χ0v) is 13.6. The van der Waals surface area contributed by atoms with Gasteiger partial charge in [0.15, 0.2) is 6.10 Å². The molecule has 0 spiro atoms. The van der Waals surface area contributed by atoms with Gasteiger partial charge in [-0.15, -0.1) is 0 Å². The van der Waals surface area contributed by atoms with Gasteiger partial charge in [0.25, 0.3) is 5.91 Å². The summed E-state index contributed by atoms with van der Waals surface area (Å²) in [5, 5.41) is 3.05. The van der Waals surface area contributed by atoms with Gasteiger partial charge in [0.1, 0.15) is 0 Å². The van der Waals surface area contributed by atoms with Crippen LogP contribution in [0.4, 0.5) is 11.4 Å². The second kappa shape index (κ2) is 7.15. The number of halogens is 1. The molecule has 2 rings (SSSR count). The Morgan fingerprint density at radius 2 is 1.96 bits per heavy atom. The standard InChI is InChI=1S/C17H17ClN2O3/c1-10-4-3-5-13(8-10)20-16(21)11(2)23-17(22)12-6-7-14(18)15(19)9-12/h3-9,11H,19H2,1-2H3,(H,20,21). The van der Waals surface area contributed by atoms with E-state index in [2.05, 4.69) is 5.32 Å². The molecule has 1 amide bonds. The van der Waals surface area contributed by atoms with Gasteiger partial charge in [-0.2, -0.15) is 0 Å². The average molecular weight is 333 g/mol. The van der Waals surface area contributed by atoms with E-state index in [0.29, 0.717) is 10.7 Å². The molecule has 2 aromatic carbocycles. The number of carbonyl (C=O) groups is 2. The van der Waals surface area contributed by atoms with Crippen molar-refractivity contribution in [3.05, 3.63) is 58.6 Å². The molecule has 2 aromatic rings. The molecular formula is C17H17ClN2O3. The van der Waals surface area contributed by atoms with Crippen LogP contribution >= 0.6 is 11.6 Å². The fourth-order valence-electron chi connectivity index (χ4n) is 1.92. The first-order valence-corrected chi connectivity index (χ1v) is 7.38. The number of carbonyl (C=O) groups excluding carboxylic acids is 2. The first-order valence-electron chi connectivity index (χ1n) is 7.00. The van der Waals surface area contributed by atoms with Crippen LogP contribution in [0.1, 0.15) is 22.8 Å². The third kappa shape index (κ3) is 4.47. The van der Waals surface area contributed by atoms with E-state index >= 15 is 0 Å². The van der Waals surface area contributed by atoms with Gasteiger partial charge in [0.2, 0.25) is 0 Å². The number of esters is 1. The molecule has 0 radical (unpaired) electrons. The Kier molecular flexibility index (Phi) is 5.24. The summed E-state index contributed by atoms with van der Waals surface area (Å²) in [7, 11) is 0. The molecule has 0 aliphatic rings. The summed E-state index contributed by atoms with van der Waals surface area (Å²) in [5.41, 5.74) is 7.82. The summed E-state index contributed by atoms with van der Waals surface area (Å²) >= 11 is 5.80. The fourth-order valence-corrected chi connectivity index (χ4v) is 2.04. The molecule has 6 heteroatoms. The molecule has 23 heavy (non-hydrogen) atoms. The van der Waals surface area contributed by atoms with Crippen LogP contribution < -0.4 is 11.1 Å². The van der Waals surface area contributed by atoms with E-state index < -0.39 is 18.0 Å². The minimum Gasteiger partial charge on any atom is -0.449 e. The van der Waals surface area contributed by atoms with E-state index in [1.54, 1.807) is 6.07 Å². The maximum Gasteiger partial charge on any atom is 0.338 e. The quantitative estimate of drug-likeness (QED) is 0.664. The maximum atomic E-state index is 12.1. The van der Waals surface area contributed by atoms with Gasteiger partial charge in [-0.05, 0) is 49.7 Å². The zero-order valence-electron chi connectivity index (χ0n) is 12.8. The van der Waals surface area contributed by atoms with Crippen LogP contribution in [0, 0.1) is 6.92 Å². The van der Waals surface area contributed by atoms with Crippen molar-refractivity contribution in [2.75, 3.05) is 11.1 Å². The number of aryl methyl sites for hydroxylation is 1. The van der Waals surface area contributed by atoms with Gasteiger partial charge < -0.3 is 15.8 Å². The number of hydrogen-bond acceptors (Lipinski definition) is 4. The number of ether oxygens (including phenoxy) is 1. The highest BCUT2D eigenvalue weighted by Crippen LogP contribution is 2.20. The molecule has 0 bridgehead atoms.